The number of aromatic nitrogens is 2. The Morgan fingerprint density at radius 2 is 2.19 bits per heavy atom. The number of hydrogen-bond acceptors (Lipinski definition) is 4. The predicted octanol–water partition coefficient (Wildman–Crippen LogP) is 1.70. The molecule has 5 nitrogen and oxygen atoms in total. The molecular weight excluding hydrogens is 264 g/mol. The van der Waals surface area contributed by atoms with Crippen LogP contribution in [0.3, 0.4) is 0 Å². The van der Waals surface area contributed by atoms with E-state index in [1.54, 1.807) is 6.20 Å². The van der Waals surface area contributed by atoms with Crippen LogP contribution in [-0.2, 0) is 0 Å². The summed E-state index contributed by atoms with van der Waals surface area (Å²) in [5, 5.41) is 3.19. The van der Waals surface area contributed by atoms with Crippen molar-refractivity contribution in [3.63, 3.8) is 0 Å². The number of piperidine rings is 1. The van der Waals surface area contributed by atoms with Crippen molar-refractivity contribution in [2.75, 3.05) is 26.7 Å². The summed E-state index contributed by atoms with van der Waals surface area (Å²) in [5.41, 5.74) is 2.03. The Bertz CT molecular complexity index is 641. The molecule has 1 aliphatic rings. The van der Waals surface area contributed by atoms with Crippen molar-refractivity contribution >= 4 is 16.9 Å². The Balaban J connectivity index is 1.79. The molecule has 0 bridgehead atoms. The summed E-state index contributed by atoms with van der Waals surface area (Å²) in [5.74, 6) is 0.523. The van der Waals surface area contributed by atoms with Crippen LogP contribution < -0.4 is 5.32 Å². The zero-order valence-electron chi connectivity index (χ0n) is 12.2. The van der Waals surface area contributed by atoms with Crippen molar-refractivity contribution in [1.29, 1.82) is 0 Å². The quantitative estimate of drug-likeness (QED) is 0.932. The van der Waals surface area contributed by atoms with Crippen LogP contribution in [0.2, 0.25) is 0 Å². The number of benzene rings is 1. The number of para-hydroxylation sites is 2. The van der Waals surface area contributed by atoms with Crippen LogP contribution in [0.4, 0.5) is 0 Å². The Labute approximate surface area is 124 Å². The monoisotopic (exact) mass is 284 g/mol. The summed E-state index contributed by atoms with van der Waals surface area (Å²) < 4.78 is 0. The van der Waals surface area contributed by atoms with E-state index >= 15 is 0 Å². The molecule has 0 saturated carbocycles. The van der Waals surface area contributed by atoms with Crippen LogP contribution in [-0.4, -0.2) is 47.5 Å². The lowest BCUT2D eigenvalue weighted by molar-refractivity contribution is 0.0668. The van der Waals surface area contributed by atoms with Gasteiger partial charge in [0.15, 0.2) is 0 Å². The van der Waals surface area contributed by atoms with Gasteiger partial charge in [-0.2, -0.15) is 0 Å². The van der Waals surface area contributed by atoms with Gasteiger partial charge < -0.3 is 10.2 Å². The highest BCUT2D eigenvalue weighted by Crippen LogP contribution is 2.18. The van der Waals surface area contributed by atoms with Crippen LogP contribution in [0.15, 0.2) is 30.5 Å². The van der Waals surface area contributed by atoms with Gasteiger partial charge in [0.25, 0.3) is 5.91 Å². The molecular formula is C16H20N4O. The lowest BCUT2D eigenvalue weighted by Crippen LogP contribution is -2.42. The molecule has 2 aromatic rings. The van der Waals surface area contributed by atoms with E-state index in [1.165, 1.54) is 6.42 Å². The number of amides is 1. The minimum atomic E-state index is -0.00550. The Hall–Kier alpha value is -2.01. The van der Waals surface area contributed by atoms with E-state index in [0.717, 1.165) is 37.1 Å². The van der Waals surface area contributed by atoms with Crippen LogP contribution >= 0.6 is 0 Å². The Morgan fingerprint density at radius 3 is 3.00 bits per heavy atom. The van der Waals surface area contributed by atoms with E-state index in [0.29, 0.717) is 11.6 Å². The van der Waals surface area contributed by atoms with Gasteiger partial charge in [0, 0.05) is 13.1 Å². The second-order valence-corrected chi connectivity index (χ2v) is 5.56. The minimum Gasteiger partial charge on any atom is -0.337 e. The maximum atomic E-state index is 12.6. The summed E-state index contributed by atoms with van der Waals surface area (Å²) in [7, 11) is 1.95. The number of likely N-dealkylation sites (tertiary alicyclic amines) is 1. The van der Waals surface area contributed by atoms with E-state index in [1.807, 2.05) is 36.2 Å². The third-order valence-electron chi connectivity index (χ3n) is 3.97. The standard InChI is InChI=1S/C16H20N4O/c1-17-9-12-5-4-8-20(11-12)16(21)15-10-18-13-6-2-3-7-14(13)19-15/h2-3,6-7,10,12,17H,4-5,8-9,11H2,1H3/t12-/m0/s1. The van der Waals surface area contributed by atoms with Gasteiger partial charge in [0.05, 0.1) is 17.2 Å². The lowest BCUT2D eigenvalue weighted by atomic mass is 9.98. The van der Waals surface area contributed by atoms with Gasteiger partial charge in [-0.05, 0) is 44.5 Å². The minimum absolute atomic E-state index is 0.00550. The van der Waals surface area contributed by atoms with E-state index in [4.69, 9.17) is 0 Å². The zero-order chi connectivity index (χ0) is 14.7. The highest BCUT2D eigenvalue weighted by Gasteiger charge is 2.25. The van der Waals surface area contributed by atoms with Gasteiger partial charge in [-0.15, -0.1) is 0 Å². The molecule has 1 aromatic carbocycles. The summed E-state index contributed by atoms with van der Waals surface area (Å²) >= 11 is 0. The summed E-state index contributed by atoms with van der Waals surface area (Å²) in [6, 6.07) is 7.63. The molecule has 110 valence electrons. The fraction of sp³-hybridized carbons (Fsp3) is 0.438. The fourth-order valence-electron chi connectivity index (χ4n) is 2.93. The third-order valence-corrected chi connectivity index (χ3v) is 3.97. The lowest BCUT2D eigenvalue weighted by Gasteiger charge is -2.32. The van der Waals surface area contributed by atoms with Gasteiger partial charge in [-0.1, -0.05) is 12.1 Å². The normalized spacial score (nSPS) is 18.9. The number of fused-ring (bicyclic) bond motifs is 1. The number of nitrogens with one attached hydrogen (secondary N) is 1. The Morgan fingerprint density at radius 1 is 1.38 bits per heavy atom. The molecule has 0 spiro atoms. The highest BCUT2D eigenvalue weighted by atomic mass is 16.2. The molecule has 1 atom stereocenters. The number of carbonyl (C=O) groups excluding carboxylic acids is 1. The predicted molar refractivity (Wildman–Crippen MR) is 82.1 cm³/mol. The molecule has 0 aliphatic carbocycles. The van der Waals surface area contributed by atoms with E-state index < -0.39 is 0 Å². The molecule has 1 aliphatic heterocycles. The smallest absolute Gasteiger partial charge is 0.274 e. The molecule has 1 aromatic heterocycles. The Kier molecular flexibility index (Phi) is 4.10. The molecule has 1 amide bonds. The molecule has 2 heterocycles. The fourth-order valence-corrected chi connectivity index (χ4v) is 2.93. The highest BCUT2D eigenvalue weighted by molar-refractivity contribution is 5.93. The van der Waals surface area contributed by atoms with Crippen molar-refractivity contribution < 1.29 is 4.79 Å². The SMILES string of the molecule is CNC[C@@H]1CCCN(C(=O)c2cnc3ccccc3n2)C1. The molecule has 1 N–H and O–H groups in total. The van der Waals surface area contributed by atoms with Crippen LogP contribution in [0.25, 0.3) is 11.0 Å². The van der Waals surface area contributed by atoms with Gasteiger partial charge in [-0.3, -0.25) is 9.78 Å². The van der Waals surface area contributed by atoms with Crippen molar-refractivity contribution in [3.8, 4) is 0 Å². The van der Waals surface area contributed by atoms with Gasteiger partial charge in [0.2, 0.25) is 0 Å². The van der Waals surface area contributed by atoms with Gasteiger partial charge in [0.1, 0.15) is 5.69 Å². The van der Waals surface area contributed by atoms with Crippen LogP contribution in [0.5, 0.6) is 0 Å². The number of carbonyl (C=O) groups is 1. The number of hydrogen-bond donors (Lipinski definition) is 1. The largest absolute Gasteiger partial charge is 0.337 e. The number of nitrogens with zero attached hydrogens (tertiary/aromatic N) is 3. The van der Waals surface area contributed by atoms with Gasteiger partial charge in [-0.25, -0.2) is 4.98 Å². The number of rotatable bonds is 3. The van der Waals surface area contributed by atoms with E-state index in [-0.39, 0.29) is 5.91 Å². The zero-order valence-corrected chi connectivity index (χ0v) is 12.2. The molecule has 0 unspecified atom stereocenters. The van der Waals surface area contributed by atoms with Crippen molar-refractivity contribution in [3.05, 3.63) is 36.2 Å². The second kappa shape index (κ2) is 6.18. The van der Waals surface area contributed by atoms with Crippen LogP contribution in [0, 0.1) is 5.92 Å². The molecule has 3 rings (SSSR count). The molecule has 1 fully saturated rings. The molecule has 21 heavy (non-hydrogen) atoms. The first-order valence-electron chi connectivity index (χ1n) is 7.43. The van der Waals surface area contributed by atoms with Crippen molar-refractivity contribution in [2.24, 2.45) is 5.92 Å². The molecule has 1 saturated heterocycles. The van der Waals surface area contributed by atoms with Crippen LogP contribution in [0.1, 0.15) is 23.3 Å². The second-order valence-electron chi connectivity index (χ2n) is 5.56. The first-order valence-corrected chi connectivity index (χ1v) is 7.43. The summed E-state index contributed by atoms with van der Waals surface area (Å²) in [4.78, 5) is 23.3. The van der Waals surface area contributed by atoms with Crippen molar-refractivity contribution in [1.82, 2.24) is 20.2 Å². The first-order chi connectivity index (χ1) is 10.3. The molecule has 5 heteroatoms. The van der Waals surface area contributed by atoms with Gasteiger partial charge >= 0.3 is 0 Å². The average Bonchev–Trinajstić information content (AvgIpc) is 2.54. The maximum absolute atomic E-state index is 12.6. The summed E-state index contributed by atoms with van der Waals surface area (Å²) in [6.07, 6.45) is 3.82. The summed E-state index contributed by atoms with van der Waals surface area (Å²) in [6.45, 7) is 2.56. The van der Waals surface area contributed by atoms with Crippen molar-refractivity contribution in [2.45, 2.75) is 12.8 Å². The first kappa shape index (κ1) is 13.9. The third kappa shape index (κ3) is 3.03. The van der Waals surface area contributed by atoms with E-state index in [2.05, 4.69) is 15.3 Å². The maximum Gasteiger partial charge on any atom is 0.274 e. The topological polar surface area (TPSA) is 58.1 Å². The molecule has 0 radical (unpaired) electrons. The average molecular weight is 284 g/mol. The van der Waals surface area contributed by atoms with E-state index in [9.17, 15) is 4.79 Å².